The first-order valence-corrected chi connectivity index (χ1v) is 5.80. The number of aliphatic hydroxyl groups is 1. The average molecular weight is 296 g/mol. The fraction of sp³-hybridized carbons (Fsp3) is 0.214. The van der Waals surface area contributed by atoms with Gasteiger partial charge in [0.2, 0.25) is 0 Å². The molecule has 0 radical (unpaired) electrons. The molecule has 0 amide bonds. The Bertz CT molecular complexity index is 522. The van der Waals surface area contributed by atoms with E-state index in [0.717, 1.165) is 0 Å². The summed E-state index contributed by atoms with van der Waals surface area (Å²) in [4.78, 5) is 31.7. The second kappa shape index (κ2) is 9.27. The monoisotopic (exact) mass is 296 g/mol. The zero-order chi connectivity index (χ0) is 16.4. The van der Waals surface area contributed by atoms with E-state index < -0.39 is 17.9 Å². The van der Waals surface area contributed by atoms with Crippen LogP contribution < -0.4 is 0 Å². The Hall–Kier alpha value is -2.67. The second-order valence-electron chi connectivity index (χ2n) is 3.80. The molecule has 3 N–H and O–H groups in total. The van der Waals surface area contributed by atoms with Gasteiger partial charge < -0.3 is 20.1 Å². The molecule has 1 aromatic carbocycles. The standard InChI is InChI=1S/C10H10O5.C4H6O2/c11-5-6-15-10(14)8-4-2-1-3-7(8)9(12)13;1-3(2)4(5)6/h1-4,11H,5-6H2,(H,12,13);1H2,2H3,(H,5,6). The molecule has 0 atom stereocenters. The highest BCUT2D eigenvalue weighted by Crippen LogP contribution is 2.10. The van der Waals surface area contributed by atoms with Crippen LogP contribution in [0.2, 0.25) is 0 Å². The maximum Gasteiger partial charge on any atom is 0.339 e. The summed E-state index contributed by atoms with van der Waals surface area (Å²) in [5, 5.41) is 25.1. The van der Waals surface area contributed by atoms with Crippen molar-refractivity contribution in [2.45, 2.75) is 6.92 Å². The number of aromatic carboxylic acids is 1. The van der Waals surface area contributed by atoms with Crippen molar-refractivity contribution >= 4 is 17.9 Å². The van der Waals surface area contributed by atoms with Crippen LogP contribution >= 0.6 is 0 Å². The van der Waals surface area contributed by atoms with Gasteiger partial charge in [0.1, 0.15) is 6.61 Å². The lowest BCUT2D eigenvalue weighted by atomic mass is 10.1. The number of aliphatic hydroxyl groups excluding tert-OH is 1. The molecule has 0 fully saturated rings. The van der Waals surface area contributed by atoms with Crippen molar-refractivity contribution in [2.24, 2.45) is 0 Å². The molecule has 0 aliphatic rings. The molecule has 0 saturated carbocycles. The maximum absolute atomic E-state index is 11.3. The smallest absolute Gasteiger partial charge is 0.339 e. The number of esters is 1. The number of carboxylic acid groups (broad SMARTS) is 2. The summed E-state index contributed by atoms with van der Waals surface area (Å²) in [7, 11) is 0. The number of hydrogen-bond acceptors (Lipinski definition) is 5. The van der Waals surface area contributed by atoms with Gasteiger partial charge in [-0.05, 0) is 19.1 Å². The Morgan fingerprint density at radius 1 is 1.14 bits per heavy atom. The Balaban J connectivity index is 0.000000567. The van der Waals surface area contributed by atoms with Gasteiger partial charge >= 0.3 is 17.9 Å². The fourth-order valence-corrected chi connectivity index (χ4v) is 1.06. The Morgan fingerprint density at radius 2 is 1.62 bits per heavy atom. The van der Waals surface area contributed by atoms with Crippen LogP contribution in [0, 0.1) is 0 Å². The molecule has 0 heterocycles. The summed E-state index contributed by atoms with van der Waals surface area (Å²) in [5.41, 5.74) is 0.0499. The van der Waals surface area contributed by atoms with Crippen LogP contribution in [0.4, 0.5) is 0 Å². The van der Waals surface area contributed by atoms with Crippen LogP contribution in [0.3, 0.4) is 0 Å². The van der Waals surface area contributed by atoms with Crippen molar-refractivity contribution in [3.05, 3.63) is 47.5 Å². The summed E-state index contributed by atoms with van der Waals surface area (Å²) in [6.07, 6.45) is 0. The number of aliphatic carboxylic acids is 1. The van der Waals surface area contributed by atoms with Gasteiger partial charge in [-0.2, -0.15) is 0 Å². The van der Waals surface area contributed by atoms with Gasteiger partial charge in [0.25, 0.3) is 0 Å². The minimum atomic E-state index is -1.19. The van der Waals surface area contributed by atoms with Crippen LogP contribution in [0.5, 0.6) is 0 Å². The van der Waals surface area contributed by atoms with E-state index in [4.69, 9.17) is 15.3 Å². The number of carbonyl (C=O) groups is 3. The largest absolute Gasteiger partial charge is 0.478 e. The van der Waals surface area contributed by atoms with E-state index in [1.165, 1.54) is 25.1 Å². The summed E-state index contributed by atoms with van der Waals surface area (Å²) in [6, 6.07) is 5.75. The molecular weight excluding hydrogens is 280 g/mol. The lowest BCUT2D eigenvalue weighted by molar-refractivity contribution is -0.132. The van der Waals surface area contributed by atoms with Gasteiger partial charge in [0.15, 0.2) is 0 Å². The maximum atomic E-state index is 11.3. The van der Waals surface area contributed by atoms with Crippen LogP contribution in [0.1, 0.15) is 27.6 Å². The molecular formula is C14H16O7. The number of rotatable bonds is 5. The van der Waals surface area contributed by atoms with Gasteiger partial charge in [-0.1, -0.05) is 18.7 Å². The highest BCUT2D eigenvalue weighted by Gasteiger charge is 2.16. The summed E-state index contributed by atoms with van der Waals surface area (Å²) < 4.78 is 4.62. The molecule has 0 aromatic heterocycles. The topological polar surface area (TPSA) is 121 Å². The first kappa shape index (κ1) is 18.3. The predicted molar refractivity (Wildman–Crippen MR) is 73.2 cm³/mol. The van der Waals surface area contributed by atoms with E-state index in [1.54, 1.807) is 6.07 Å². The van der Waals surface area contributed by atoms with Gasteiger partial charge in [-0.3, -0.25) is 0 Å². The lowest BCUT2D eigenvalue weighted by Crippen LogP contribution is -2.13. The van der Waals surface area contributed by atoms with E-state index in [-0.39, 0.29) is 29.9 Å². The third-order valence-corrected chi connectivity index (χ3v) is 2.07. The summed E-state index contributed by atoms with van der Waals surface area (Å²) in [6.45, 7) is 4.17. The van der Waals surface area contributed by atoms with Crippen molar-refractivity contribution in [2.75, 3.05) is 13.2 Å². The normalized spacial score (nSPS) is 9.05. The third-order valence-electron chi connectivity index (χ3n) is 2.07. The molecule has 0 unspecified atom stereocenters. The van der Waals surface area contributed by atoms with Crippen molar-refractivity contribution in [1.82, 2.24) is 0 Å². The van der Waals surface area contributed by atoms with Crippen LogP contribution in [0.25, 0.3) is 0 Å². The molecule has 0 aliphatic carbocycles. The molecule has 0 spiro atoms. The van der Waals surface area contributed by atoms with Crippen molar-refractivity contribution in [3.8, 4) is 0 Å². The predicted octanol–water partition coefficient (Wildman–Crippen LogP) is 1.18. The molecule has 7 nitrogen and oxygen atoms in total. The summed E-state index contributed by atoms with van der Waals surface area (Å²) >= 11 is 0. The minimum Gasteiger partial charge on any atom is -0.478 e. The molecule has 1 aromatic rings. The van der Waals surface area contributed by atoms with Crippen molar-refractivity contribution in [1.29, 1.82) is 0 Å². The zero-order valence-corrected chi connectivity index (χ0v) is 11.4. The third kappa shape index (κ3) is 6.88. The van der Waals surface area contributed by atoms with Gasteiger partial charge in [-0.25, -0.2) is 14.4 Å². The molecule has 114 valence electrons. The van der Waals surface area contributed by atoms with Crippen LogP contribution in [-0.4, -0.2) is 46.4 Å². The fourth-order valence-electron chi connectivity index (χ4n) is 1.06. The van der Waals surface area contributed by atoms with Crippen LogP contribution in [0.15, 0.2) is 36.4 Å². The van der Waals surface area contributed by atoms with Crippen molar-refractivity contribution < 1.29 is 34.4 Å². The molecule has 0 bridgehead atoms. The van der Waals surface area contributed by atoms with E-state index in [9.17, 15) is 14.4 Å². The molecule has 0 aliphatic heterocycles. The average Bonchev–Trinajstić information content (AvgIpc) is 2.45. The summed E-state index contributed by atoms with van der Waals surface area (Å²) in [5.74, 6) is -2.87. The van der Waals surface area contributed by atoms with Gasteiger partial charge in [0.05, 0.1) is 17.7 Å². The Labute approximate surface area is 121 Å². The number of carboxylic acids is 2. The Kier molecular flexibility index (Phi) is 8.09. The highest BCUT2D eigenvalue weighted by atomic mass is 16.5. The lowest BCUT2D eigenvalue weighted by Gasteiger charge is -2.05. The first-order valence-electron chi connectivity index (χ1n) is 5.80. The van der Waals surface area contributed by atoms with E-state index in [1.807, 2.05) is 0 Å². The van der Waals surface area contributed by atoms with E-state index in [0.29, 0.717) is 0 Å². The van der Waals surface area contributed by atoms with E-state index >= 15 is 0 Å². The second-order valence-corrected chi connectivity index (χ2v) is 3.80. The highest BCUT2D eigenvalue weighted by molar-refractivity contribution is 6.02. The minimum absolute atomic E-state index is 0.0153. The van der Waals surface area contributed by atoms with Crippen LogP contribution in [-0.2, 0) is 9.53 Å². The SMILES string of the molecule is C=C(C)C(=O)O.O=C(O)c1ccccc1C(=O)OCCO. The molecule has 21 heavy (non-hydrogen) atoms. The number of carbonyl (C=O) groups excluding carboxylic acids is 1. The number of hydrogen-bond donors (Lipinski definition) is 3. The number of benzene rings is 1. The number of ether oxygens (including phenoxy) is 1. The zero-order valence-electron chi connectivity index (χ0n) is 11.4. The quantitative estimate of drug-likeness (QED) is 0.551. The van der Waals surface area contributed by atoms with Gasteiger partial charge in [0, 0.05) is 5.57 Å². The van der Waals surface area contributed by atoms with Gasteiger partial charge in [-0.15, -0.1) is 0 Å². The van der Waals surface area contributed by atoms with Crippen molar-refractivity contribution in [3.63, 3.8) is 0 Å². The van der Waals surface area contributed by atoms with E-state index in [2.05, 4.69) is 11.3 Å². The Morgan fingerprint density at radius 3 is 2.00 bits per heavy atom. The molecule has 0 saturated heterocycles. The molecule has 1 rings (SSSR count). The first-order chi connectivity index (χ1) is 9.81. The molecule has 7 heteroatoms.